The molecule has 220 valence electrons. The fourth-order valence-electron chi connectivity index (χ4n) is 5.06. The minimum absolute atomic E-state index is 0.872. The predicted octanol–water partition coefficient (Wildman–Crippen LogP) is 9.47. The first-order chi connectivity index (χ1) is 19.8. The van der Waals surface area contributed by atoms with Gasteiger partial charge in [0.15, 0.2) is 0 Å². The average molecular weight is 593 g/mol. The van der Waals surface area contributed by atoms with Crippen LogP contribution in [-0.2, 0) is 0 Å². The molecule has 6 nitrogen and oxygen atoms in total. The molecule has 0 fully saturated rings. The van der Waals surface area contributed by atoms with Gasteiger partial charge in [-0.05, 0) is 113 Å². The van der Waals surface area contributed by atoms with Gasteiger partial charge in [-0.1, -0.05) is 66.7 Å². The minimum atomic E-state index is 0.872. The van der Waals surface area contributed by atoms with Crippen molar-refractivity contribution in [2.75, 3.05) is 13.1 Å². The number of hydrogen-bond acceptors (Lipinski definition) is 8. The predicted molar refractivity (Wildman–Crippen MR) is 172 cm³/mol. The Morgan fingerprint density at radius 2 is 0.951 bits per heavy atom. The van der Waals surface area contributed by atoms with Crippen molar-refractivity contribution < 1.29 is 9.05 Å². The van der Waals surface area contributed by atoms with Crippen molar-refractivity contribution in [3.63, 3.8) is 0 Å². The maximum Gasteiger partial charge on any atom is 0.141 e. The number of rotatable bonds is 16. The number of aryl methyl sites for hydroxylation is 6. The molecular weight excluding hydrogens is 549 g/mol. The molecule has 0 bridgehead atoms. The van der Waals surface area contributed by atoms with Crippen LogP contribution >= 0.6 is 23.9 Å². The first kappa shape index (κ1) is 31.4. The molecule has 0 spiro atoms. The van der Waals surface area contributed by atoms with Crippen LogP contribution in [0.5, 0.6) is 0 Å². The topological polar surface area (TPSA) is 76.1 Å². The van der Waals surface area contributed by atoms with Crippen LogP contribution in [-0.4, -0.2) is 23.4 Å². The van der Waals surface area contributed by atoms with Crippen molar-refractivity contribution in [2.24, 2.45) is 0 Å². The summed E-state index contributed by atoms with van der Waals surface area (Å²) in [5.74, 6) is 1.74. The Balaban J connectivity index is 1.04. The lowest BCUT2D eigenvalue weighted by atomic mass is 10.0. The molecule has 0 amide bonds. The van der Waals surface area contributed by atoms with Gasteiger partial charge in [0.25, 0.3) is 0 Å². The molecule has 2 N–H and O–H groups in total. The van der Waals surface area contributed by atoms with E-state index in [1.54, 1.807) is 23.9 Å². The molecule has 2 heterocycles. The number of unbranched alkanes of at least 4 members (excludes halogenated alkanes) is 6. The SMILES string of the molecule is Cc1ccc(-c2c(C)noc2C)cc1SNCCCCCCCCCNSc1cc(-c2c(C)noc2C)ccc1C. The van der Waals surface area contributed by atoms with Gasteiger partial charge in [-0.2, -0.15) is 0 Å². The highest BCUT2D eigenvalue weighted by Crippen LogP contribution is 2.32. The summed E-state index contributed by atoms with van der Waals surface area (Å²) in [6.45, 7) is 14.3. The Hall–Kier alpha value is -2.52. The van der Waals surface area contributed by atoms with Crippen LogP contribution < -0.4 is 9.44 Å². The smallest absolute Gasteiger partial charge is 0.141 e. The lowest BCUT2D eigenvalue weighted by Gasteiger charge is -2.10. The second kappa shape index (κ2) is 15.6. The molecule has 0 saturated heterocycles. The van der Waals surface area contributed by atoms with E-state index in [-0.39, 0.29) is 0 Å². The van der Waals surface area contributed by atoms with Gasteiger partial charge in [-0.25, -0.2) is 0 Å². The van der Waals surface area contributed by atoms with Gasteiger partial charge in [0.05, 0.1) is 11.4 Å². The van der Waals surface area contributed by atoms with Crippen molar-refractivity contribution in [2.45, 2.75) is 96.3 Å². The van der Waals surface area contributed by atoms with Crippen molar-refractivity contribution in [1.82, 2.24) is 19.8 Å². The van der Waals surface area contributed by atoms with Crippen molar-refractivity contribution in [3.05, 3.63) is 70.4 Å². The minimum Gasteiger partial charge on any atom is -0.361 e. The van der Waals surface area contributed by atoms with E-state index in [1.165, 1.54) is 77.0 Å². The summed E-state index contributed by atoms with van der Waals surface area (Å²) in [4.78, 5) is 2.52. The largest absolute Gasteiger partial charge is 0.361 e. The zero-order valence-corrected chi connectivity index (χ0v) is 27.0. The highest BCUT2D eigenvalue weighted by Gasteiger charge is 2.14. The average Bonchev–Trinajstić information content (AvgIpc) is 3.47. The van der Waals surface area contributed by atoms with E-state index >= 15 is 0 Å². The van der Waals surface area contributed by atoms with Gasteiger partial charge in [-0.15, -0.1) is 0 Å². The summed E-state index contributed by atoms with van der Waals surface area (Å²) in [6.07, 6.45) is 8.91. The van der Waals surface area contributed by atoms with Crippen LogP contribution in [0.25, 0.3) is 22.3 Å². The van der Waals surface area contributed by atoms with E-state index in [0.29, 0.717) is 0 Å². The maximum absolute atomic E-state index is 5.36. The zero-order valence-electron chi connectivity index (χ0n) is 25.4. The first-order valence-corrected chi connectivity index (χ1v) is 16.4. The monoisotopic (exact) mass is 592 g/mol. The van der Waals surface area contributed by atoms with Gasteiger partial charge >= 0.3 is 0 Å². The van der Waals surface area contributed by atoms with Crippen LogP contribution in [0, 0.1) is 41.5 Å². The van der Waals surface area contributed by atoms with Gasteiger partial charge in [0.2, 0.25) is 0 Å². The molecule has 4 rings (SSSR count). The highest BCUT2D eigenvalue weighted by atomic mass is 32.2. The maximum atomic E-state index is 5.36. The molecule has 0 saturated carbocycles. The van der Waals surface area contributed by atoms with E-state index < -0.39 is 0 Å². The molecule has 41 heavy (non-hydrogen) atoms. The number of benzene rings is 2. The van der Waals surface area contributed by atoms with E-state index in [1.807, 2.05) is 27.7 Å². The third-order valence-corrected chi connectivity index (χ3v) is 9.46. The molecule has 8 heteroatoms. The van der Waals surface area contributed by atoms with Crippen molar-refractivity contribution in [1.29, 1.82) is 0 Å². The van der Waals surface area contributed by atoms with Crippen LogP contribution in [0.15, 0.2) is 55.2 Å². The molecular formula is C33H44N4O2S2. The molecule has 4 aromatic rings. The molecule has 2 aromatic heterocycles. The van der Waals surface area contributed by atoms with E-state index in [9.17, 15) is 0 Å². The first-order valence-electron chi connectivity index (χ1n) is 14.7. The molecule has 2 aromatic carbocycles. The molecule has 0 unspecified atom stereocenters. The third-order valence-electron chi connectivity index (χ3n) is 7.44. The third kappa shape index (κ3) is 8.74. The quantitative estimate of drug-likeness (QED) is 0.0984. The Morgan fingerprint density at radius 1 is 0.561 bits per heavy atom. The number of hydrogen-bond donors (Lipinski definition) is 2. The summed E-state index contributed by atoms with van der Waals surface area (Å²) >= 11 is 3.47. The van der Waals surface area contributed by atoms with Crippen molar-refractivity contribution >= 4 is 23.9 Å². The Kier molecular flexibility index (Phi) is 12.0. The van der Waals surface area contributed by atoms with Crippen LogP contribution in [0.2, 0.25) is 0 Å². The fraction of sp³-hybridized carbons (Fsp3) is 0.455. The molecule has 0 radical (unpaired) electrons. The van der Waals surface area contributed by atoms with Gasteiger partial charge in [0, 0.05) is 34.0 Å². The Bertz CT molecular complexity index is 1270. The number of nitrogens with one attached hydrogen (secondary N) is 2. The van der Waals surface area contributed by atoms with E-state index in [2.05, 4.69) is 70.0 Å². The summed E-state index contributed by atoms with van der Waals surface area (Å²) in [6, 6.07) is 13.2. The van der Waals surface area contributed by atoms with Gasteiger partial charge in [-0.3, -0.25) is 9.44 Å². The lowest BCUT2D eigenvalue weighted by Crippen LogP contribution is -2.06. The van der Waals surface area contributed by atoms with Crippen LogP contribution in [0.4, 0.5) is 0 Å². The molecule has 0 aliphatic heterocycles. The summed E-state index contributed by atoms with van der Waals surface area (Å²) in [7, 11) is 0. The van der Waals surface area contributed by atoms with Crippen molar-refractivity contribution in [3.8, 4) is 22.3 Å². The van der Waals surface area contributed by atoms with E-state index in [4.69, 9.17) is 9.05 Å². The van der Waals surface area contributed by atoms with Gasteiger partial charge in [0.1, 0.15) is 11.5 Å². The van der Waals surface area contributed by atoms with Crippen LogP contribution in [0.1, 0.15) is 79.0 Å². The van der Waals surface area contributed by atoms with Gasteiger partial charge < -0.3 is 9.05 Å². The molecule has 0 atom stereocenters. The van der Waals surface area contributed by atoms with Crippen LogP contribution in [0.3, 0.4) is 0 Å². The summed E-state index contributed by atoms with van der Waals surface area (Å²) < 4.78 is 17.8. The standard InChI is InChI=1S/C33H44N4O2S2/c1-22-14-16-28(32-24(3)36-38-26(32)5)20-30(22)40-34-18-12-10-8-7-9-11-13-19-35-41-31-21-29(17-15-23(31)2)33-25(4)37-39-27(33)6/h14-17,20-21,34-35H,7-13,18-19H2,1-6H3. The second-order valence-corrected chi connectivity index (χ2v) is 12.7. The normalized spacial score (nSPS) is 11.5. The fourth-order valence-corrected chi connectivity index (χ4v) is 6.69. The Morgan fingerprint density at radius 3 is 1.32 bits per heavy atom. The zero-order chi connectivity index (χ0) is 29.2. The summed E-state index contributed by atoms with van der Waals surface area (Å²) in [5, 5.41) is 8.21. The number of nitrogens with zero attached hydrogens (tertiary/aromatic N) is 2. The lowest BCUT2D eigenvalue weighted by molar-refractivity contribution is 0.393. The highest BCUT2D eigenvalue weighted by molar-refractivity contribution is 7.97. The second-order valence-electron chi connectivity index (χ2n) is 10.8. The van der Waals surface area contributed by atoms with E-state index in [0.717, 1.165) is 47.1 Å². The molecule has 0 aliphatic rings. The summed E-state index contributed by atoms with van der Waals surface area (Å²) in [5.41, 5.74) is 9.00. The number of aromatic nitrogens is 2. The Labute approximate surface area is 254 Å². The molecule has 0 aliphatic carbocycles.